The van der Waals surface area contributed by atoms with Gasteiger partial charge in [-0.15, -0.1) is 0 Å². The van der Waals surface area contributed by atoms with Crippen LogP contribution in [0.2, 0.25) is 0 Å². The van der Waals surface area contributed by atoms with Crippen LogP contribution in [0.5, 0.6) is 0 Å². The zero-order valence-electron chi connectivity index (χ0n) is 7.12. The minimum absolute atomic E-state index is 0.00244. The van der Waals surface area contributed by atoms with Crippen LogP contribution in [0.4, 0.5) is 0 Å². The van der Waals surface area contributed by atoms with Crippen molar-refractivity contribution in [2.75, 3.05) is 6.26 Å². The molecule has 3 nitrogen and oxygen atoms in total. The fraction of sp³-hybridized carbons (Fsp3) is 0.125. The van der Waals surface area contributed by atoms with E-state index >= 15 is 0 Å². The quantitative estimate of drug-likeness (QED) is 0.787. The molecule has 14 heavy (non-hydrogen) atoms. The Morgan fingerprint density at radius 3 is 2.43 bits per heavy atom. The second kappa shape index (κ2) is 4.00. The lowest BCUT2D eigenvalue weighted by Crippen LogP contribution is -2.04. The normalized spacial score (nSPS) is 11.4. The zero-order chi connectivity index (χ0) is 10.9. The molecule has 1 aromatic rings. The molecule has 0 aliphatic rings. The van der Waals surface area contributed by atoms with Gasteiger partial charge in [0.25, 0.3) is 5.24 Å². The highest BCUT2D eigenvalue weighted by molar-refractivity contribution is 9.10. The van der Waals surface area contributed by atoms with Gasteiger partial charge in [-0.25, -0.2) is 8.42 Å². The monoisotopic (exact) mass is 296 g/mol. The topological polar surface area (TPSA) is 51.2 Å². The maximum Gasteiger partial charge on any atom is 0.253 e. The standard InChI is InChI=1S/C8H6BrClO3S/c1-14(12,13)7-4-5(9)2-3-6(7)8(10)11/h2-4H,1H3. The van der Waals surface area contributed by atoms with Crippen LogP contribution in [-0.4, -0.2) is 19.9 Å². The number of carbonyl (C=O) groups excluding carboxylic acids is 1. The van der Waals surface area contributed by atoms with Crippen LogP contribution in [0.1, 0.15) is 10.4 Å². The molecule has 0 aliphatic heterocycles. The number of hydrogen-bond donors (Lipinski definition) is 0. The van der Waals surface area contributed by atoms with Crippen LogP contribution in [0.3, 0.4) is 0 Å². The number of sulfone groups is 1. The summed E-state index contributed by atoms with van der Waals surface area (Å²) < 4.78 is 23.1. The van der Waals surface area contributed by atoms with Gasteiger partial charge in [0.2, 0.25) is 0 Å². The van der Waals surface area contributed by atoms with Gasteiger partial charge in [0.05, 0.1) is 10.5 Å². The van der Waals surface area contributed by atoms with E-state index in [-0.39, 0.29) is 10.5 Å². The zero-order valence-corrected chi connectivity index (χ0v) is 10.3. The summed E-state index contributed by atoms with van der Waals surface area (Å²) in [5.41, 5.74) is -0.00244. The van der Waals surface area contributed by atoms with Crippen molar-refractivity contribution < 1.29 is 13.2 Å². The van der Waals surface area contributed by atoms with Crippen LogP contribution < -0.4 is 0 Å². The second-order valence-electron chi connectivity index (χ2n) is 2.69. The largest absolute Gasteiger partial charge is 0.276 e. The summed E-state index contributed by atoms with van der Waals surface area (Å²) >= 11 is 8.37. The van der Waals surface area contributed by atoms with E-state index in [1.165, 1.54) is 12.1 Å². The van der Waals surface area contributed by atoms with Crippen molar-refractivity contribution >= 4 is 42.6 Å². The van der Waals surface area contributed by atoms with Crippen molar-refractivity contribution in [2.24, 2.45) is 0 Å². The predicted octanol–water partition coefficient (Wildman–Crippen LogP) is 2.23. The summed E-state index contributed by atoms with van der Waals surface area (Å²) in [6.45, 7) is 0. The highest BCUT2D eigenvalue weighted by Crippen LogP contribution is 2.22. The first-order valence-corrected chi connectivity index (χ1v) is 6.58. The van der Waals surface area contributed by atoms with Crippen LogP contribution >= 0.6 is 27.5 Å². The molecule has 0 atom stereocenters. The SMILES string of the molecule is CS(=O)(=O)c1cc(Br)ccc1C(=O)Cl. The third-order valence-electron chi connectivity index (χ3n) is 1.55. The van der Waals surface area contributed by atoms with Gasteiger partial charge in [0.1, 0.15) is 0 Å². The Kier molecular flexibility index (Phi) is 3.34. The van der Waals surface area contributed by atoms with E-state index in [2.05, 4.69) is 15.9 Å². The summed E-state index contributed by atoms with van der Waals surface area (Å²) in [5.74, 6) is 0. The molecular weight excluding hydrogens is 292 g/mol. The van der Waals surface area contributed by atoms with E-state index in [1.807, 2.05) is 0 Å². The van der Waals surface area contributed by atoms with E-state index in [1.54, 1.807) is 6.07 Å². The van der Waals surface area contributed by atoms with Crippen molar-refractivity contribution in [1.82, 2.24) is 0 Å². The Morgan fingerprint density at radius 2 is 2.00 bits per heavy atom. The average Bonchev–Trinajstić information content (AvgIpc) is 2.01. The van der Waals surface area contributed by atoms with Gasteiger partial charge in [-0.05, 0) is 29.8 Å². The lowest BCUT2D eigenvalue weighted by atomic mass is 10.2. The maximum atomic E-state index is 11.3. The van der Waals surface area contributed by atoms with Gasteiger partial charge in [-0.2, -0.15) is 0 Å². The van der Waals surface area contributed by atoms with Crippen LogP contribution in [0.25, 0.3) is 0 Å². The molecule has 0 N–H and O–H groups in total. The summed E-state index contributed by atoms with van der Waals surface area (Å²) in [6, 6.07) is 4.28. The van der Waals surface area contributed by atoms with E-state index in [4.69, 9.17) is 11.6 Å². The lowest BCUT2D eigenvalue weighted by molar-refractivity contribution is 0.107. The number of carbonyl (C=O) groups is 1. The van der Waals surface area contributed by atoms with Gasteiger partial charge in [-0.3, -0.25) is 4.79 Å². The Morgan fingerprint density at radius 1 is 1.43 bits per heavy atom. The third kappa shape index (κ3) is 2.56. The minimum atomic E-state index is -3.44. The Hall–Kier alpha value is -0.390. The molecule has 0 saturated heterocycles. The average molecular weight is 298 g/mol. The number of hydrogen-bond acceptors (Lipinski definition) is 3. The molecule has 0 spiro atoms. The molecule has 6 heteroatoms. The Balaban J connectivity index is 3.54. The highest BCUT2D eigenvalue weighted by atomic mass is 79.9. The van der Waals surface area contributed by atoms with Crippen molar-refractivity contribution in [3.63, 3.8) is 0 Å². The molecule has 0 radical (unpaired) electrons. The molecule has 0 amide bonds. The predicted molar refractivity (Wildman–Crippen MR) is 57.4 cm³/mol. The van der Waals surface area contributed by atoms with E-state index in [0.29, 0.717) is 4.47 Å². The van der Waals surface area contributed by atoms with Crippen LogP contribution in [0, 0.1) is 0 Å². The number of halogens is 2. The highest BCUT2D eigenvalue weighted by Gasteiger charge is 2.17. The molecule has 0 unspecified atom stereocenters. The fourth-order valence-electron chi connectivity index (χ4n) is 0.965. The molecular formula is C8H6BrClO3S. The lowest BCUT2D eigenvalue weighted by Gasteiger charge is -2.03. The first-order valence-electron chi connectivity index (χ1n) is 3.52. The first kappa shape index (κ1) is 11.7. The number of benzene rings is 1. The van der Waals surface area contributed by atoms with E-state index in [0.717, 1.165) is 6.26 Å². The maximum absolute atomic E-state index is 11.3. The first-order chi connectivity index (χ1) is 6.32. The van der Waals surface area contributed by atoms with Crippen molar-refractivity contribution in [1.29, 1.82) is 0 Å². The Bertz CT molecular complexity index is 481. The molecule has 0 bridgehead atoms. The summed E-state index contributed by atoms with van der Waals surface area (Å²) in [6.07, 6.45) is 1.03. The number of rotatable bonds is 2. The Labute approximate surface area is 95.1 Å². The van der Waals surface area contributed by atoms with Gasteiger partial charge in [-0.1, -0.05) is 15.9 Å². The molecule has 0 heterocycles. The van der Waals surface area contributed by atoms with E-state index in [9.17, 15) is 13.2 Å². The summed E-state index contributed by atoms with van der Waals surface area (Å²) in [7, 11) is -3.44. The van der Waals surface area contributed by atoms with E-state index < -0.39 is 15.1 Å². The molecule has 1 rings (SSSR count). The van der Waals surface area contributed by atoms with Crippen molar-refractivity contribution in [3.8, 4) is 0 Å². The minimum Gasteiger partial charge on any atom is -0.276 e. The van der Waals surface area contributed by atoms with Gasteiger partial charge < -0.3 is 0 Å². The molecule has 0 aromatic heterocycles. The molecule has 76 valence electrons. The van der Waals surface area contributed by atoms with Gasteiger partial charge in [0, 0.05) is 10.7 Å². The van der Waals surface area contributed by atoms with Gasteiger partial charge in [0.15, 0.2) is 9.84 Å². The van der Waals surface area contributed by atoms with Gasteiger partial charge >= 0.3 is 0 Å². The smallest absolute Gasteiger partial charge is 0.253 e. The molecule has 1 aromatic carbocycles. The van der Waals surface area contributed by atoms with Crippen molar-refractivity contribution in [3.05, 3.63) is 28.2 Å². The van der Waals surface area contributed by atoms with Crippen molar-refractivity contribution in [2.45, 2.75) is 4.90 Å². The molecule has 0 saturated carbocycles. The van der Waals surface area contributed by atoms with Crippen LogP contribution in [-0.2, 0) is 9.84 Å². The van der Waals surface area contributed by atoms with Crippen LogP contribution in [0.15, 0.2) is 27.6 Å². The summed E-state index contributed by atoms with van der Waals surface area (Å²) in [4.78, 5) is 10.8. The molecule has 0 aliphatic carbocycles. The third-order valence-corrected chi connectivity index (χ3v) is 3.39. The second-order valence-corrected chi connectivity index (χ2v) is 5.93. The molecule has 0 fully saturated rings. The fourth-order valence-corrected chi connectivity index (χ4v) is 2.60. The summed E-state index contributed by atoms with van der Waals surface area (Å²) in [5, 5.41) is -0.780.